The van der Waals surface area contributed by atoms with Gasteiger partial charge in [-0.15, -0.1) is 0 Å². The third-order valence-electron chi connectivity index (χ3n) is 10.00. The number of hydrogen-bond acceptors (Lipinski definition) is 6. The number of allylic oxidation sites excluding steroid dienone is 18. The van der Waals surface area contributed by atoms with E-state index in [2.05, 4.69) is 57.2 Å². The summed E-state index contributed by atoms with van der Waals surface area (Å²) >= 11 is 0. The van der Waals surface area contributed by atoms with E-state index in [9.17, 15) is 14.4 Å². The molecule has 344 valence electrons. The Balaban J connectivity index is 4.53. The van der Waals surface area contributed by atoms with E-state index in [1.165, 1.54) is 64.2 Å². The van der Waals surface area contributed by atoms with E-state index in [0.717, 1.165) is 96.3 Å². The fourth-order valence-corrected chi connectivity index (χ4v) is 6.35. The average Bonchev–Trinajstić information content (AvgIpc) is 3.26. The van der Waals surface area contributed by atoms with Crippen LogP contribution in [0.3, 0.4) is 0 Å². The minimum Gasteiger partial charge on any atom is -0.462 e. The maximum absolute atomic E-state index is 12.8. The highest BCUT2D eigenvalue weighted by atomic mass is 16.6. The van der Waals surface area contributed by atoms with Gasteiger partial charge >= 0.3 is 17.9 Å². The van der Waals surface area contributed by atoms with Crippen LogP contribution in [0.2, 0.25) is 0 Å². The first-order chi connectivity index (χ1) is 30.0. The second kappa shape index (κ2) is 48.7. The number of hydrogen-bond donors (Lipinski definition) is 0. The number of esters is 3. The van der Waals surface area contributed by atoms with Gasteiger partial charge in [0.1, 0.15) is 13.2 Å². The molecule has 0 heterocycles. The summed E-state index contributed by atoms with van der Waals surface area (Å²) in [7, 11) is 0. The molecule has 0 aliphatic carbocycles. The molecule has 0 spiro atoms. The molecule has 6 heteroatoms. The minimum atomic E-state index is -0.807. The van der Waals surface area contributed by atoms with Crippen LogP contribution in [0.5, 0.6) is 0 Å². The molecule has 0 rings (SSSR count). The van der Waals surface area contributed by atoms with Crippen molar-refractivity contribution in [3.05, 3.63) is 109 Å². The Kier molecular flexibility index (Phi) is 45.6. The molecule has 0 aromatic heterocycles. The first-order valence-corrected chi connectivity index (χ1v) is 24.5. The van der Waals surface area contributed by atoms with Crippen LogP contribution in [-0.4, -0.2) is 37.2 Å². The number of rotatable bonds is 42. The highest BCUT2D eigenvalue weighted by Crippen LogP contribution is 2.14. The van der Waals surface area contributed by atoms with Gasteiger partial charge in [0.25, 0.3) is 0 Å². The smallest absolute Gasteiger partial charge is 0.306 e. The zero-order valence-corrected chi connectivity index (χ0v) is 39.1. The van der Waals surface area contributed by atoms with E-state index in [4.69, 9.17) is 14.2 Å². The van der Waals surface area contributed by atoms with Crippen LogP contribution in [0.25, 0.3) is 0 Å². The average molecular weight is 845 g/mol. The van der Waals surface area contributed by atoms with Crippen molar-refractivity contribution in [1.82, 2.24) is 0 Å². The van der Waals surface area contributed by atoms with Gasteiger partial charge in [-0.2, -0.15) is 0 Å². The van der Waals surface area contributed by atoms with E-state index < -0.39 is 6.10 Å². The van der Waals surface area contributed by atoms with Gasteiger partial charge in [-0.3, -0.25) is 14.4 Å². The topological polar surface area (TPSA) is 78.9 Å². The van der Waals surface area contributed by atoms with Crippen LogP contribution in [0.4, 0.5) is 0 Å². The Morgan fingerprint density at radius 3 is 1.02 bits per heavy atom. The van der Waals surface area contributed by atoms with Crippen LogP contribution >= 0.6 is 0 Å². The molecule has 61 heavy (non-hydrogen) atoms. The van der Waals surface area contributed by atoms with Crippen LogP contribution < -0.4 is 0 Å². The van der Waals surface area contributed by atoms with Crippen molar-refractivity contribution in [2.24, 2.45) is 0 Å². The molecule has 1 unspecified atom stereocenters. The molecular formula is C55H88O6. The van der Waals surface area contributed by atoms with Gasteiger partial charge in [-0.05, 0) is 57.8 Å². The van der Waals surface area contributed by atoms with E-state index in [1.54, 1.807) is 0 Å². The highest BCUT2D eigenvalue weighted by molar-refractivity contribution is 5.71. The largest absolute Gasteiger partial charge is 0.462 e. The van der Waals surface area contributed by atoms with Gasteiger partial charge in [-0.1, -0.05) is 233 Å². The highest BCUT2D eigenvalue weighted by Gasteiger charge is 2.19. The Bertz CT molecular complexity index is 1290. The first-order valence-electron chi connectivity index (χ1n) is 24.5. The predicted molar refractivity (Wildman–Crippen MR) is 260 cm³/mol. The Morgan fingerprint density at radius 1 is 0.344 bits per heavy atom. The van der Waals surface area contributed by atoms with Crippen molar-refractivity contribution < 1.29 is 28.6 Å². The van der Waals surface area contributed by atoms with Crippen molar-refractivity contribution in [1.29, 1.82) is 0 Å². The number of unbranched alkanes of at least 4 members (excludes halogenated alkanes) is 20. The van der Waals surface area contributed by atoms with E-state index in [-0.39, 0.29) is 37.5 Å². The minimum absolute atomic E-state index is 0.102. The van der Waals surface area contributed by atoms with Gasteiger partial charge in [0.05, 0.1) is 0 Å². The van der Waals surface area contributed by atoms with E-state index in [1.807, 2.05) is 72.9 Å². The summed E-state index contributed by atoms with van der Waals surface area (Å²) in [6.45, 7) is 6.28. The lowest BCUT2D eigenvalue weighted by Gasteiger charge is -2.18. The number of ether oxygens (including phenoxy) is 3. The SMILES string of the molecule is CC\C=C/C=C\C=C/C=C\C=C/CCCCCC(=O)OCC(COC(=O)CCCCCCCCCCCCCCC)OC(=O)CCCCCCC\C=C/C=C\C=C/C=C\CC. The Morgan fingerprint density at radius 2 is 0.639 bits per heavy atom. The molecule has 0 bridgehead atoms. The molecule has 1 atom stereocenters. The lowest BCUT2D eigenvalue weighted by molar-refractivity contribution is -0.167. The molecule has 0 amide bonds. The normalized spacial score (nSPS) is 13.0. The van der Waals surface area contributed by atoms with E-state index >= 15 is 0 Å². The van der Waals surface area contributed by atoms with Gasteiger partial charge in [0.15, 0.2) is 6.10 Å². The summed E-state index contributed by atoms with van der Waals surface area (Å²) < 4.78 is 16.7. The lowest BCUT2D eigenvalue weighted by atomic mass is 10.0. The molecule has 0 radical (unpaired) electrons. The molecule has 0 aliphatic rings. The standard InChI is InChI=1S/C55H88O6/c1-4-7-10-13-16-19-22-25-27-30-33-36-39-42-45-48-54(57)60-51-52(50-59-53(56)47-44-41-38-35-32-29-24-21-18-15-12-9-6-3)61-55(58)49-46-43-40-37-34-31-28-26-23-20-17-14-11-8-5-2/h7-8,10-11,13-14,16-17,19-20,22-23,25-28,30,33,52H,4-6,9,12,15,18,21,24,29,31-32,34-51H2,1-3H3/b10-7-,11-8-,16-13-,17-14-,22-19-,23-20-,27-25-,28-26-,33-30-. The number of carbonyl (C=O) groups excluding carboxylic acids is 3. The van der Waals surface area contributed by atoms with Gasteiger partial charge in [0.2, 0.25) is 0 Å². The molecule has 0 aromatic rings. The molecule has 0 aliphatic heterocycles. The Labute approximate surface area is 374 Å². The zero-order chi connectivity index (χ0) is 44.4. The molecule has 6 nitrogen and oxygen atoms in total. The van der Waals surface area contributed by atoms with Gasteiger partial charge in [-0.25, -0.2) is 0 Å². The molecule has 0 saturated heterocycles. The summed E-state index contributed by atoms with van der Waals surface area (Å²) in [6.07, 6.45) is 64.9. The summed E-state index contributed by atoms with van der Waals surface area (Å²) in [5.41, 5.74) is 0. The van der Waals surface area contributed by atoms with E-state index in [0.29, 0.717) is 12.8 Å². The monoisotopic (exact) mass is 845 g/mol. The second-order valence-corrected chi connectivity index (χ2v) is 15.8. The van der Waals surface area contributed by atoms with Crippen molar-refractivity contribution in [2.75, 3.05) is 13.2 Å². The third-order valence-corrected chi connectivity index (χ3v) is 10.00. The second-order valence-electron chi connectivity index (χ2n) is 15.8. The van der Waals surface area contributed by atoms with Crippen LogP contribution in [-0.2, 0) is 28.6 Å². The Hall–Kier alpha value is -3.93. The predicted octanol–water partition coefficient (Wildman–Crippen LogP) is 16.0. The summed E-state index contributed by atoms with van der Waals surface area (Å²) in [5, 5.41) is 0. The zero-order valence-electron chi connectivity index (χ0n) is 39.1. The molecular weight excluding hydrogens is 757 g/mol. The molecule has 0 N–H and O–H groups in total. The summed E-state index contributed by atoms with van der Waals surface area (Å²) in [6, 6.07) is 0. The van der Waals surface area contributed by atoms with Gasteiger partial charge < -0.3 is 14.2 Å². The maximum atomic E-state index is 12.8. The lowest BCUT2D eigenvalue weighted by Crippen LogP contribution is -2.30. The molecule has 0 aromatic carbocycles. The number of carbonyl (C=O) groups is 3. The fourth-order valence-electron chi connectivity index (χ4n) is 6.35. The quantitative estimate of drug-likeness (QED) is 0.0264. The summed E-state index contributed by atoms with van der Waals surface area (Å²) in [5.74, 6) is -0.976. The van der Waals surface area contributed by atoms with Crippen LogP contribution in [0.15, 0.2) is 109 Å². The maximum Gasteiger partial charge on any atom is 0.306 e. The van der Waals surface area contributed by atoms with Gasteiger partial charge in [0, 0.05) is 19.3 Å². The fraction of sp³-hybridized carbons (Fsp3) is 0.618. The van der Waals surface area contributed by atoms with Crippen LogP contribution in [0.1, 0.15) is 201 Å². The van der Waals surface area contributed by atoms with Crippen molar-refractivity contribution in [2.45, 2.75) is 207 Å². The molecule has 0 saturated carbocycles. The van der Waals surface area contributed by atoms with Crippen molar-refractivity contribution in [3.63, 3.8) is 0 Å². The molecule has 0 fully saturated rings. The van der Waals surface area contributed by atoms with Crippen LogP contribution in [0, 0.1) is 0 Å². The first kappa shape index (κ1) is 57.1. The third kappa shape index (κ3) is 47.0. The summed E-state index contributed by atoms with van der Waals surface area (Å²) in [4.78, 5) is 37.9. The van der Waals surface area contributed by atoms with Crippen molar-refractivity contribution >= 4 is 17.9 Å². The van der Waals surface area contributed by atoms with Crippen molar-refractivity contribution in [3.8, 4) is 0 Å².